The second-order valence-electron chi connectivity index (χ2n) is 6.26. The van der Waals surface area contributed by atoms with E-state index in [1.165, 1.54) is 18.3 Å². The van der Waals surface area contributed by atoms with Crippen molar-refractivity contribution < 1.29 is 9.18 Å². The zero-order valence-corrected chi connectivity index (χ0v) is 15.6. The number of halogens is 2. The Balaban J connectivity index is 1.62. The van der Waals surface area contributed by atoms with Crippen molar-refractivity contribution in [3.63, 3.8) is 0 Å². The summed E-state index contributed by atoms with van der Waals surface area (Å²) in [6.07, 6.45) is 6.82. The van der Waals surface area contributed by atoms with Crippen LogP contribution in [0.1, 0.15) is 34.3 Å². The summed E-state index contributed by atoms with van der Waals surface area (Å²) in [6, 6.07) is 9.77. The molecule has 0 aliphatic carbocycles. The van der Waals surface area contributed by atoms with E-state index in [1.54, 1.807) is 30.6 Å². The first-order valence-electron chi connectivity index (χ1n) is 8.64. The molecule has 27 heavy (non-hydrogen) atoms. The van der Waals surface area contributed by atoms with Crippen LogP contribution in [-0.2, 0) is 6.42 Å². The third-order valence-electron chi connectivity index (χ3n) is 4.26. The molecule has 0 amide bonds. The maximum Gasteiger partial charge on any atom is 0.164 e. The number of aryl methyl sites for hydroxylation is 2. The van der Waals surface area contributed by atoms with Crippen LogP contribution in [0.4, 0.5) is 15.8 Å². The summed E-state index contributed by atoms with van der Waals surface area (Å²) in [5, 5.41) is 3.63. The summed E-state index contributed by atoms with van der Waals surface area (Å²) in [5.74, 6) is -0.226. The molecule has 6 heteroatoms. The Morgan fingerprint density at radius 3 is 2.70 bits per heavy atom. The van der Waals surface area contributed by atoms with Crippen LogP contribution in [0.25, 0.3) is 0 Å². The molecular formula is C21H19ClFN3O. The average molecular weight is 384 g/mol. The minimum absolute atomic E-state index is 0.0544. The predicted octanol–water partition coefficient (Wildman–Crippen LogP) is 5.53. The van der Waals surface area contributed by atoms with Crippen LogP contribution in [-0.4, -0.2) is 15.8 Å². The van der Waals surface area contributed by atoms with E-state index in [2.05, 4.69) is 15.3 Å². The summed E-state index contributed by atoms with van der Waals surface area (Å²) in [6.45, 7) is 1.86. The molecule has 0 bridgehead atoms. The smallest absolute Gasteiger partial charge is 0.164 e. The molecule has 0 saturated carbocycles. The average Bonchev–Trinajstić information content (AvgIpc) is 2.65. The van der Waals surface area contributed by atoms with Gasteiger partial charge in [0.15, 0.2) is 5.78 Å². The molecule has 3 rings (SSSR count). The highest BCUT2D eigenvalue weighted by atomic mass is 35.5. The maximum absolute atomic E-state index is 13.1. The van der Waals surface area contributed by atoms with Gasteiger partial charge in [-0.1, -0.05) is 11.6 Å². The van der Waals surface area contributed by atoms with Crippen LogP contribution < -0.4 is 5.32 Å². The van der Waals surface area contributed by atoms with Gasteiger partial charge in [0, 0.05) is 30.1 Å². The van der Waals surface area contributed by atoms with E-state index in [0.717, 1.165) is 28.9 Å². The van der Waals surface area contributed by atoms with Crippen LogP contribution in [0.3, 0.4) is 0 Å². The number of hydrogen-bond acceptors (Lipinski definition) is 4. The fraction of sp³-hybridized carbons (Fsp3) is 0.190. The van der Waals surface area contributed by atoms with Crippen molar-refractivity contribution in [3.8, 4) is 0 Å². The van der Waals surface area contributed by atoms with Gasteiger partial charge in [-0.25, -0.2) is 9.37 Å². The predicted molar refractivity (Wildman–Crippen MR) is 105 cm³/mol. The molecule has 0 fully saturated rings. The van der Waals surface area contributed by atoms with Gasteiger partial charge in [0.05, 0.1) is 11.9 Å². The summed E-state index contributed by atoms with van der Waals surface area (Å²) >= 11 is 5.84. The van der Waals surface area contributed by atoms with Gasteiger partial charge in [-0.05, 0) is 67.3 Å². The van der Waals surface area contributed by atoms with Gasteiger partial charge in [-0.15, -0.1) is 0 Å². The van der Waals surface area contributed by atoms with Gasteiger partial charge in [0.1, 0.15) is 11.0 Å². The van der Waals surface area contributed by atoms with Gasteiger partial charge < -0.3 is 5.32 Å². The summed E-state index contributed by atoms with van der Waals surface area (Å²) in [7, 11) is 0. The van der Waals surface area contributed by atoms with E-state index >= 15 is 0 Å². The van der Waals surface area contributed by atoms with Crippen LogP contribution in [0, 0.1) is 12.7 Å². The van der Waals surface area contributed by atoms with Gasteiger partial charge in [-0.2, -0.15) is 0 Å². The number of pyridine rings is 2. The largest absolute Gasteiger partial charge is 0.354 e. The summed E-state index contributed by atoms with van der Waals surface area (Å²) in [5.41, 5.74) is 4.12. The highest BCUT2D eigenvalue weighted by Gasteiger charge is 2.11. The Morgan fingerprint density at radius 2 is 1.96 bits per heavy atom. The molecule has 0 atom stereocenters. The van der Waals surface area contributed by atoms with E-state index in [1.807, 2.05) is 13.0 Å². The molecule has 2 aromatic heterocycles. The number of ketones is 1. The van der Waals surface area contributed by atoms with Crippen molar-refractivity contribution in [1.82, 2.24) is 9.97 Å². The molecular weight excluding hydrogens is 365 g/mol. The lowest BCUT2D eigenvalue weighted by atomic mass is 10.0. The molecule has 0 saturated heterocycles. The molecule has 1 aromatic carbocycles. The minimum atomic E-state index is -0.280. The Kier molecular flexibility index (Phi) is 6.14. The Bertz CT molecular complexity index is 944. The third kappa shape index (κ3) is 5.11. The lowest BCUT2D eigenvalue weighted by Gasteiger charge is -2.11. The topological polar surface area (TPSA) is 54.9 Å². The Morgan fingerprint density at radius 1 is 1.19 bits per heavy atom. The SMILES string of the molecule is Cc1cc(Cl)ncc1C(=O)CCCc1ccncc1Nc1ccc(F)cc1. The minimum Gasteiger partial charge on any atom is -0.354 e. The highest BCUT2D eigenvalue weighted by Crippen LogP contribution is 2.22. The van der Waals surface area contributed by atoms with E-state index < -0.39 is 0 Å². The van der Waals surface area contributed by atoms with E-state index in [-0.39, 0.29) is 11.6 Å². The number of benzene rings is 1. The van der Waals surface area contributed by atoms with Gasteiger partial charge >= 0.3 is 0 Å². The maximum atomic E-state index is 13.1. The molecule has 0 unspecified atom stereocenters. The zero-order valence-electron chi connectivity index (χ0n) is 14.9. The first-order chi connectivity index (χ1) is 13.0. The molecule has 2 heterocycles. The van der Waals surface area contributed by atoms with Crippen molar-refractivity contribution in [2.75, 3.05) is 5.32 Å². The van der Waals surface area contributed by atoms with Crippen LogP contribution >= 0.6 is 11.6 Å². The van der Waals surface area contributed by atoms with Gasteiger partial charge in [-0.3, -0.25) is 9.78 Å². The van der Waals surface area contributed by atoms with E-state index in [9.17, 15) is 9.18 Å². The van der Waals surface area contributed by atoms with Crippen molar-refractivity contribution in [3.05, 3.63) is 82.6 Å². The van der Waals surface area contributed by atoms with Crippen molar-refractivity contribution in [1.29, 1.82) is 0 Å². The van der Waals surface area contributed by atoms with Crippen molar-refractivity contribution in [2.45, 2.75) is 26.2 Å². The molecule has 1 N–H and O–H groups in total. The number of carbonyl (C=O) groups is 1. The zero-order chi connectivity index (χ0) is 19.2. The number of rotatable bonds is 7. The molecule has 0 spiro atoms. The number of carbonyl (C=O) groups excluding carboxylic acids is 1. The summed E-state index contributed by atoms with van der Waals surface area (Å²) in [4.78, 5) is 20.6. The van der Waals surface area contributed by atoms with Gasteiger partial charge in [0.2, 0.25) is 0 Å². The third-order valence-corrected chi connectivity index (χ3v) is 4.47. The molecule has 0 aliphatic rings. The van der Waals surface area contributed by atoms with Crippen molar-refractivity contribution >= 4 is 28.8 Å². The van der Waals surface area contributed by atoms with Crippen LogP contribution in [0.15, 0.2) is 55.0 Å². The lowest BCUT2D eigenvalue weighted by Crippen LogP contribution is -2.04. The highest BCUT2D eigenvalue weighted by molar-refractivity contribution is 6.29. The van der Waals surface area contributed by atoms with E-state index in [4.69, 9.17) is 11.6 Å². The second-order valence-corrected chi connectivity index (χ2v) is 6.65. The Hall–Kier alpha value is -2.79. The molecule has 0 radical (unpaired) electrons. The number of Topliss-reactive ketones (excluding diaryl/α,β-unsaturated/α-hetero) is 1. The standard InChI is InChI=1S/C21H19ClFN3O/c1-14-11-21(22)25-12-18(14)20(27)4-2-3-15-9-10-24-13-19(15)26-17-7-5-16(23)6-8-17/h5-13,26H,2-4H2,1H3. The normalized spacial score (nSPS) is 10.6. The number of nitrogens with zero attached hydrogens (tertiary/aromatic N) is 2. The lowest BCUT2D eigenvalue weighted by molar-refractivity contribution is 0.0979. The van der Waals surface area contributed by atoms with Crippen molar-refractivity contribution in [2.24, 2.45) is 0 Å². The Labute approximate surface area is 162 Å². The molecule has 138 valence electrons. The molecule has 0 aliphatic heterocycles. The molecule has 4 nitrogen and oxygen atoms in total. The summed E-state index contributed by atoms with van der Waals surface area (Å²) < 4.78 is 13.1. The number of hydrogen-bond donors (Lipinski definition) is 1. The van der Waals surface area contributed by atoms with Crippen LogP contribution in [0.5, 0.6) is 0 Å². The number of nitrogens with one attached hydrogen (secondary N) is 1. The number of aromatic nitrogens is 2. The fourth-order valence-corrected chi connectivity index (χ4v) is 3.04. The first kappa shape index (κ1) is 19.0. The fourth-order valence-electron chi connectivity index (χ4n) is 2.83. The van der Waals surface area contributed by atoms with Crippen LogP contribution in [0.2, 0.25) is 5.15 Å². The second kappa shape index (κ2) is 8.73. The number of anilines is 2. The molecule has 3 aromatic rings. The first-order valence-corrected chi connectivity index (χ1v) is 9.01. The quantitative estimate of drug-likeness (QED) is 0.430. The monoisotopic (exact) mass is 383 g/mol. The van der Waals surface area contributed by atoms with Gasteiger partial charge in [0.25, 0.3) is 0 Å². The van der Waals surface area contributed by atoms with E-state index in [0.29, 0.717) is 23.6 Å².